The molecule has 1 atom stereocenters. The maximum absolute atomic E-state index is 3.67. The Bertz CT molecular complexity index is 449. The van der Waals surface area contributed by atoms with E-state index in [1.807, 2.05) is 0 Å². The molecule has 1 aromatic carbocycles. The van der Waals surface area contributed by atoms with Crippen LogP contribution in [0.25, 0.3) is 0 Å². The van der Waals surface area contributed by atoms with Crippen LogP contribution in [0.3, 0.4) is 0 Å². The third-order valence-electron chi connectivity index (χ3n) is 5.13. The van der Waals surface area contributed by atoms with Crippen LogP contribution in [0.15, 0.2) is 18.2 Å². The second-order valence-electron chi connectivity index (χ2n) is 6.52. The molecule has 1 fully saturated rings. The summed E-state index contributed by atoms with van der Waals surface area (Å²) in [4.78, 5) is 2.72. The summed E-state index contributed by atoms with van der Waals surface area (Å²) >= 11 is 0. The van der Waals surface area contributed by atoms with Crippen LogP contribution in [0, 0.1) is 13.8 Å². The molecule has 1 aliphatic rings. The predicted octanol–water partition coefficient (Wildman–Crippen LogP) is 3.66. The Hall–Kier alpha value is -0.860. The number of hydrogen-bond acceptors (Lipinski definition) is 2. The lowest BCUT2D eigenvalue weighted by atomic mass is 9.86. The molecule has 1 saturated heterocycles. The minimum atomic E-state index is 0.322. The minimum absolute atomic E-state index is 0.322. The monoisotopic (exact) mass is 274 g/mol. The number of aryl methyl sites for hydroxylation is 2. The first-order chi connectivity index (χ1) is 9.50. The molecule has 0 saturated carbocycles. The molecular weight excluding hydrogens is 244 g/mol. The summed E-state index contributed by atoms with van der Waals surface area (Å²) in [5.74, 6) is 0. The van der Waals surface area contributed by atoms with E-state index in [0.29, 0.717) is 11.6 Å². The van der Waals surface area contributed by atoms with Crippen molar-refractivity contribution in [2.75, 3.05) is 13.1 Å². The molecule has 1 heterocycles. The normalized spacial score (nSPS) is 22.9. The lowest BCUT2D eigenvalue weighted by Gasteiger charge is -2.49. The Morgan fingerprint density at radius 3 is 2.60 bits per heavy atom. The lowest BCUT2D eigenvalue weighted by Crippen LogP contribution is -2.63. The SMILES string of the molecule is CCC1(CC)CNC(C)CN1Cc1cc(C)ccc1C. The van der Waals surface area contributed by atoms with Crippen LogP contribution >= 0.6 is 0 Å². The van der Waals surface area contributed by atoms with Gasteiger partial charge in [0.25, 0.3) is 0 Å². The highest BCUT2D eigenvalue weighted by molar-refractivity contribution is 5.30. The maximum Gasteiger partial charge on any atom is 0.0333 e. The van der Waals surface area contributed by atoms with E-state index in [9.17, 15) is 0 Å². The average Bonchev–Trinajstić information content (AvgIpc) is 2.44. The molecule has 0 aromatic heterocycles. The maximum atomic E-state index is 3.67. The Morgan fingerprint density at radius 1 is 1.25 bits per heavy atom. The van der Waals surface area contributed by atoms with Gasteiger partial charge in [0.05, 0.1) is 0 Å². The molecule has 0 amide bonds. The zero-order chi connectivity index (χ0) is 14.8. The molecule has 0 bridgehead atoms. The van der Waals surface area contributed by atoms with E-state index in [1.54, 1.807) is 0 Å². The zero-order valence-corrected chi connectivity index (χ0v) is 13.8. The lowest BCUT2D eigenvalue weighted by molar-refractivity contribution is 0.0277. The summed E-state index contributed by atoms with van der Waals surface area (Å²) in [6.45, 7) is 14.7. The number of nitrogens with zero attached hydrogens (tertiary/aromatic N) is 1. The molecule has 20 heavy (non-hydrogen) atoms. The van der Waals surface area contributed by atoms with Crippen molar-refractivity contribution in [2.24, 2.45) is 0 Å². The second-order valence-corrected chi connectivity index (χ2v) is 6.52. The van der Waals surface area contributed by atoms with Gasteiger partial charge >= 0.3 is 0 Å². The highest BCUT2D eigenvalue weighted by atomic mass is 15.3. The number of rotatable bonds is 4. The van der Waals surface area contributed by atoms with Crippen LogP contribution in [0.1, 0.15) is 50.3 Å². The van der Waals surface area contributed by atoms with E-state index in [-0.39, 0.29) is 0 Å². The predicted molar refractivity (Wildman–Crippen MR) is 87.1 cm³/mol. The van der Waals surface area contributed by atoms with E-state index < -0.39 is 0 Å². The van der Waals surface area contributed by atoms with Gasteiger partial charge in [-0.25, -0.2) is 0 Å². The fourth-order valence-electron chi connectivity index (χ4n) is 3.42. The fraction of sp³-hybridized carbons (Fsp3) is 0.667. The Morgan fingerprint density at radius 2 is 1.95 bits per heavy atom. The molecule has 0 spiro atoms. The van der Waals surface area contributed by atoms with Crippen molar-refractivity contribution in [2.45, 2.75) is 65.6 Å². The van der Waals surface area contributed by atoms with Gasteiger partial charge in [0.2, 0.25) is 0 Å². The molecule has 2 nitrogen and oxygen atoms in total. The highest BCUT2D eigenvalue weighted by Gasteiger charge is 2.37. The Labute approximate surface area is 124 Å². The van der Waals surface area contributed by atoms with Crippen LogP contribution in [-0.4, -0.2) is 29.6 Å². The van der Waals surface area contributed by atoms with Crippen molar-refractivity contribution in [3.63, 3.8) is 0 Å². The summed E-state index contributed by atoms with van der Waals surface area (Å²) in [6, 6.07) is 7.42. The highest BCUT2D eigenvalue weighted by Crippen LogP contribution is 2.29. The fourth-order valence-corrected chi connectivity index (χ4v) is 3.42. The first-order valence-electron chi connectivity index (χ1n) is 8.05. The number of hydrogen-bond donors (Lipinski definition) is 1. The number of piperazine rings is 1. The largest absolute Gasteiger partial charge is 0.311 e. The van der Waals surface area contributed by atoms with E-state index in [1.165, 1.54) is 29.5 Å². The quantitative estimate of drug-likeness (QED) is 0.901. The van der Waals surface area contributed by atoms with Crippen molar-refractivity contribution in [3.8, 4) is 0 Å². The van der Waals surface area contributed by atoms with Gasteiger partial charge in [0, 0.05) is 31.2 Å². The second kappa shape index (κ2) is 6.28. The molecule has 0 radical (unpaired) electrons. The molecular formula is C18H30N2. The van der Waals surface area contributed by atoms with Gasteiger partial charge < -0.3 is 5.32 Å². The Balaban J connectivity index is 2.25. The summed E-state index contributed by atoms with van der Waals surface area (Å²) in [5, 5.41) is 3.67. The molecule has 1 aromatic rings. The molecule has 2 rings (SSSR count). The van der Waals surface area contributed by atoms with Crippen molar-refractivity contribution < 1.29 is 0 Å². The molecule has 0 aliphatic carbocycles. The van der Waals surface area contributed by atoms with Crippen molar-refractivity contribution >= 4 is 0 Å². The summed E-state index contributed by atoms with van der Waals surface area (Å²) in [5.41, 5.74) is 4.60. The van der Waals surface area contributed by atoms with Gasteiger partial charge in [-0.05, 0) is 44.7 Å². The van der Waals surface area contributed by atoms with Crippen LogP contribution in [0.4, 0.5) is 0 Å². The van der Waals surface area contributed by atoms with Crippen molar-refractivity contribution in [1.82, 2.24) is 10.2 Å². The van der Waals surface area contributed by atoms with Gasteiger partial charge in [-0.2, -0.15) is 0 Å². The van der Waals surface area contributed by atoms with Crippen LogP contribution in [0.5, 0.6) is 0 Å². The van der Waals surface area contributed by atoms with Gasteiger partial charge in [-0.1, -0.05) is 37.6 Å². The third kappa shape index (κ3) is 3.07. The standard InChI is InChI=1S/C18H30N2/c1-6-18(7-2)13-19-16(5)11-20(18)12-17-10-14(3)8-9-15(17)4/h8-10,16,19H,6-7,11-13H2,1-5H3. The van der Waals surface area contributed by atoms with Gasteiger partial charge in [0.15, 0.2) is 0 Å². The van der Waals surface area contributed by atoms with E-state index in [2.05, 4.69) is 63.0 Å². The Kier molecular flexibility index (Phi) is 4.87. The van der Waals surface area contributed by atoms with Crippen molar-refractivity contribution in [3.05, 3.63) is 34.9 Å². The summed E-state index contributed by atoms with van der Waals surface area (Å²) in [6.07, 6.45) is 2.43. The summed E-state index contributed by atoms with van der Waals surface area (Å²) in [7, 11) is 0. The topological polar surface area (TPSA) is 15.3 Å². The molecule has 1 aliphatic heterocycles. The van der Waals surface area contributed by atoms with E-state index >= 15 is 0 Å². The average molecular weight is 274 g/mol. The van der Waals surface area contributed by atoms with Crippen LogP contribution in [0.2, 0.25) is 0 Å². The number of nitrogens with one attached hydrogen (secondary N) is 1. The van der Waals surface area contributed by atoms with E-state index in [0.717, 1.165) is 19.6 Å². The summed E-state index contributed by atoms with van der Waals surface area (Å²) < 4.78 is 0. The first-order valence-corrected chi connectivity index (χ1v) is 8.05. The third-order valence-corrected chi connectivity index (χ3v) is 5.13. The van der Waals surface area contributed by atoms with Gasteiger partial charge in [-0.3, -0.25) is 4.90 Å². The van der Waals surface area contributed by atoms with Gasteiger partial charge in [0.1, 0.15) is 0 Å². The van der Waals surface area contributed by atoms with E-state index in [4.69, 9.17) is 0 Å². The first kappa shape index (κ1) is 15.5. The molecule has 1 N–H and O–H groups in total. The van der Waals surface area contributed by atoms with Crippen LogP contribution < -0.4 is 5.32 Å². The minimum Gasteiger partial charge on any atom is -0.311 e. The number of benzene rings is 1. The molecule has 1 unspecified atom stereocenters. The molecule has 2 heteroatoms. The van der Waals surface area contributed by atoms with Crippen molar-refractivity contribution in [1.29, 1.82) is 0 Å². The zero-order valence-electron chi connectivity index (χ0n) is 13.8. The smallest absolute Gasteiger partial charge is 0.0333 e. The van der Waals surface area contributed by atoms with Crippen LogP contribution in [-0.2, 0) is 6.54 Å². The molecule has 112 valence electrons. The van der Waals surface area contributed by atoms with Gasteiger partial charge in [-0.15, -0.1) is 0 Å².